The highest BCUT2D eigenvalue weighted by Crippen LogP contribution is 2.09. The fourth-order valence-corrected chi connectivity index (χ4v) is 2.11. The number of rotatable bonds is 7. The van der Waals surface area contributed by atoms with E-state index in [0.29, 0.717) is 19.6 Å². The fourth-order valence-electron chi connectivity index (χ4n) is 2.11. The Morgan fingerprint density at radius 3 is 2.50 bits per heavy atom. The summed E-state index contributed by atoms with van der Waals surface area (Å²) >= 11 is 0. The smallest absolute Gasteiger partial charge is 0.304 e. The number of hydrogen-bond acceptors (Lipinski definition) is 3. The van der Waals surface area contributed by atoms with Crippen LogP contribution in [0.15, 0.2) is 12.7 Å². The molecule has 0 bridgehead atoms. The van der Waals surface area contributed by atoms with Gasteiger partial charge in [-0.15, -0.1) is 6.58 Å². The molecule has 1 fully saturated rings. The van der Waals surface area contributed by atoms with E-state index >= 15 is 0 Å². The van der Waals surface area contributed by atoms with Gasteiger partial charge in [0.25, 0.3) is 0 Å². The maximum Gasteiger partial charge on any atom is 0.304 e. The Bertz CT molecular complexity index is 299. The van der Waals surface area contributed by atoms with Crippen molar-refractivity contribution in [3.05, 3.63) is 12.7 Å². The van der Waals surface area contributed by atoms with Gasteiger partial charge in [-0.3, -0.25) is 14.5 Å². The molecule has 5 nitrogen and oxygen atoms in total. The first kappa shape index (κ1) is 14.7. The lowest BCUT2D eigenvalue weighted by molar-refractivity contribution is -0.138. The van der Waals surface area contributed by atoms with Gasteiger partial charge in [-0.2, -0.15) is 0 Å². The van der Waals surface area contributed by atoms with Crippen molar-refractivity contribution in [2.75, 3.05) is 32.7 Å². The standard InChI is InChI=1S/C13H22N2O3/c1-2-7-14(10-6-13(17)18)11-12(16)15-8-4-3-5-9-15/h2H,1,3-11H2,(H,17,18). The second kappa shape index (κ2) is 7.87. The topological polar surface area (TPSA) is 60.9 Å². The third-order valence-corrected chi connectivity index (χ3v) is 3.10. The van der Waals surface area contributed by atoms with Gasteiger partial charge in [-0.1, -0.05) is 6.08 Å². The van der Waals surface area contributed by atoms with E-state index in [-0.39, 0.29) is 12.3 Å². The number of hydrogen-bond donors (Lipinski definition) is 1. The molecule has 1 aliphatic heterocycles. The van der Waals surface area contributed by atoms with Gasteiger partial charge in [0.15, 0.2) is 0 Å². The largest absolute Gasteiger partial charge is 0.481 e. The summed E-state index contributed by atoms with van der Waals surface area (Å²) in [5, 5.41) is 8.67. The average Bonchev–Trinajstić information content (AvgIpc) is 2.37. The van der Waals surface area contributed by atoms with Crippen LogP contribution in [0.25, 0.3) is 0 Å². The van der Waals surface area contributed by atoms with E-state index in [0.717, 1.165) is 25.9 Å². The van der Waals surface area contributed by atoms with Crippen LogP contribution in [0.2, 0.25) is 0 Å². The molecule has 0 aromatic carbocycles. The van der Waals surface area contributed by atoms with Gasteiger partial charge in [0, 0.05) is 26.2 Å². The highest BCUT2D eigenvalue weighted by molar-refractivity contribution is 5.78. The molecule has 0 unspecified atom stereocenters. The summed E-state index contributed by atoms with van der Waals surface area (Å²) < 4.78 is 0. The van der Waals surface area contributed by atoms with Crippen molar-refractivity contribution in [1.29, 1.82) is 0 Å². The number of amides is 1. The normalized spacial score (nSPS) is 15.7. The summed E-state index contributed by atoms with van der Waals surface area (Å²) in [6, 6.07) is 0. The Kier molecular flexibility index (Phi) is 6.43. The van der Waals surface area contributed by atoms with E-state index in [1.54, 1.807) is 6.08 Å². The van der Waals surface area contributed by atoms with Crippen LogP contribution >= 0.6 is 0 Å². The summed E-state index contributed by atoms with van der Waals surface area (Å²) in [7, 11) is 0. The molecule has 1 rings (SSSR count). The highest BCUT2D eigenvalue weighted by Gasteiger charge is 2.19. The molecule has 1 N–H and O–H groups in total. The second-order valence-electron chi connectivity index (χ2n) is 4.61. The zero-order chi connectivity index (χ0) is 13.4. The highest BCUT2D eigenvalue weighted by atomic mass is 16.4. The van der Waals surface area contributed by atoms with E-state index in [9.17, 15) is 9.59 Å². The van der Waals surface area contributed by atoms with Gasteiger partial charge in [-0.05, 0) is 19.3 Å². The van der Waals surface area contributed by atoms with Crippen LogP contribution in [0.5, 0.6) is 0 Å². The van der Waals surface area contributed by atoms with Gasteiger partial charge < -0.3 is 10.0 Å². The fraction of sp³-hybridized carbons (Fsp3) is 0.692. The van der Waals surface area contributed by atoms with Crippen molar-refractivity contribution < 1.29 is 14.7 Å². The first-order chi connectivity index (χ1) is 8.63. The number of carboxylic acids is 1. The maximum absolute atomic E-state index is 12.0. The van der Waals surface area contributed by atoms with E-state index in [4.69, 9.17) is 5.11 Å². The number of carboxylic acid groups (broad SMARTS) is 1. The Morgan fingerprint density at radius 2 is 1.94 bits per heavy atom. The van der Waals surface area contributed by atoms with Gasteiger partial charge in [-0.25, -0.2) is 0 Å². The summed E-state index contributed by atoms with van der Waals surface area (Å²) in [5.74, 6) is -0.739. The van der Waals surface area contributed by atoms with E-state index < -0.39 is 5.97 Å². The number of carbonyl (C=O) groups is 2. The molecular weight excluding hydrogens is 232 g/mol. The third kappa shape index (κ3) is 5.31. The molecule has 0 radical (unpaired) electrons. The Balaban J connectivity index is 2.40. The molecule has 1 aliphatic rings. The predicted octanol–water partition coefficient (Wildman–Crippen LogP) is 0.962. The van der Waals surface area contributed by atoms with Crippen molar-refractivity contribution in [2.24, 2.45) is 0 Å². The monoisotopic (exact) mass is 254 g/mol. The summed E-state index contributed by atoms with van der Waals surface area (Å²) in [6.07, 6.45) is 5.09. The number of carbonyl (C=O) groups excluding carboxylic acids is 1. The molecule has 0 atom stereocenters. The molecule has 1 amide bonds. The predicted molar refractivity (Wildman–Crippen MR) is 69.3 cm³/mol. The lowest BCUT2D eigenvalue weighted by atomic mass is 10.1. The van der Waals surface area contributed by atoms with Gasteiger partial charge >= 0.3 is 5.97 Å². The summed E-state index contributed by atoms with van der Waals surface area (Å²) in [6.45, 7) is 6.53. The number of likely N-dealkylation sites (tertiary alicyclic amines) is 1. The number of aliphatic carboxylic acids is 1. The van der Waals surface area contributed by atoms with Gasteiger partial charge in [0.05, 0.1) is 13.0 Å². The Labute approximate surface area is 108 Å². The quantitative estimate of drug-likeness (QED) is 0.687. The minimum absolute atomic E-state index is 0.0567. The molecule has 18 heavy (non-hydrogen) atoms. The van der Waals surface area contributed by atoms with Crippen LogP contribution in [-0.4, -0.2) is 59.5 Å². The van der Waals surface area contributed by atoms with Gasteiger partial charge in [0.1, 0.15) is 0 Å². The van der Waals surface area contributed by atoms with Crippen molar-refractivity contribution >= 4 is 11.9 Å². The first-order valence-corrected chi connectivity index (χ1v) is 6.46. The van der Waals surface area contributed by atoms with E-state index in [2.05, 4.69) is 6.58 Å². The Morgan fingerprint density at radius 1 is 1.28 bits per heavy atom. The van der Waals surface area contributed by atoms with Crippen molar-refractivity contribution in [3.63, 3.8) is 0 Å². The third-order valence-electron chi connectivity index (χ3n) is 3.10. The van der Waals surface area contributed by atoms with Crippen molar-refractivity contribution in [3.8, 4) is 0 Å². The molecule has 102 valence electrons. The molecular formula is C13H22N2O3. The number of piperidine rings is 1. The molecule has 0 aromatic heterocycles. The minimum atomic E-state index is -0.838. The van der Waals surface area contributed by atoms with Crippen molar-refractivity contribution in [1.82, 2.24) is 9.80 Å². The molecule has 0 aromatic rings. The van der Waals surface area contributed by atoms with Crippen LogP contribution in [-0.2, 0) is 9.59 Å². The zero-order valence-corrected chi connectivity index (χ0v) is 10.8. The number of nitrogens with zero attached hydrogens (tertiary/aromatic N) is 2. The molecule has 5 heteroatoms. The molecule has 0 spiro atoms. The lowest BCUT2D eigenvalue weighted by Crippen LogP contribution is -2.43. The second-order valence-corrected chi connectivity index (χ2v) is 4.61. The van der Waals surface area contributed by atoms with Crippen LogP contribution in [0.4, 0.5) is 0 Å². The van der Waals surface area contributed by atoms with Crippen LogP contribution < -0.4 is 0 Å². The van der Waals surface area contributed by atoms with Crippen LogP contribution in [0.3, 0.4) is 0 Å². The van der Waals surface area contributed by atoms with E-state index in [1.807, 2.05) is 9.80 Å². The van der Waals surface area contributed by atoms with Crippen molar-refractivity contribution in [2.45, 2.75) is 25.7 Å². The zero-order valence-electron chi connectivity index (χ0n) is 10.8. The lowest BCUT2D eigenvalue weighted by Gasteiger charge is -2.29. The Hall–Kier alpha value is -1.36. The van der Waals surface area contributed by atoms with Gasteiger partial charge in [0.2, 0.25) is 5.91 Å². The molecule has 1 saturated heterocycles. The molecule has 1 heterocycles. The average molecular weight is 254 g/mol. The summed E-state index contributed by atoms with van der Waals surface area (Å²) in [5.41, 5.74) is 0. The van der Waals surface area contributed by atoms with E-state index in [1.165, 1.54) is 6.42 Å². The van der Waals surface area contributed by atoms with Crippen LogP contribution in [0, 0.1) is 0 Å². The van der Waals surface area contributed by atoms with Crippen LogP contribution in [0.1, 0.15) is 25.7 Å². The SMILES string of the molecule is C=CCN(CCC(=O)O)CC(=O)N1CCCCC1. The molecule has 0 saturated carbocycles. The summed E-state index contributed by atoms with van der Waals surface area (Å²) in [4.78, 5) is 26.3. The molecule has 0 aliphatic carbocycles. The maximum atomic E-state index is 12.0. The minimum Gasteiger partial charge on any atom is -0.481 e. The first-order valence-electron chi connectivity index (χ1n) is 6.46.